The highest BCUT2D eigenvalue weighted by atomic mass is 14.4. The fraction of sp³-hybridized carbons (Fsp3) is 0.333. The highest BCUT2D eigenvalue weighted by Gasteiger charge is 2.45. The first-order valence-electron chi connectivity index (χ1n) is 51.6. The molecule has 0 fully saturated rings. The van der Waals surface area contributed by atoms with E-state index >= 15 is 0 Å². The summed E-state index contributed by atoms with van der Waals surface area (Å²) in [5.74, 6) is 0. The van der Waals surface area contributed by atoms with Crippen molar-refractivity contribution in [1.82, 2.24) is 0 Å². The van der Waals surface area contributed by atoms with Gasteiger partial charge in [-0.15, -0.1) is 16.4 Å². The van der Waals surface area contributed by atoms with Crippen molar-refractivity contribution in [2.75, 3.05) is 0 Å². The second-order valence-electron chi connectivity index (χ2n) is 43.6. The average Bonchev–Trinajstić information content (AvgIpc) is 0.680. The van der Waals surface area contributed by atoms with Crippen LogP contribution in [-0.2, 0) is 0 Å². The fourth-order valence-corrected chi connectivity index (χ4v) is 26.5. The topological polar surface area (TPSA) is 0 Å². The lowest BCUT2D eigenvalue weighted by molar-refractivity contribution is 1.22. The number of rotatable bonds is 24. The minimum absolute atomic E-state index is 0.279. The van der Waals surface area contributed by atoms with Gasteiger partial charge < -0.3 is 0 Å². The monoisotopic (exact) mass is 1820 g/mol. The van der Waals surface area contributed by atoms with Crippen LogP contribution in [0.1, 0.15) is 189 Å². The van der Waals surface area contributed by atoms with Crippen molar-refractivity contribution in [3.8, 4) is 44.5 Å². The number of fused-ring (bicyclic) bond motifs is 8. The molecular formula is C102H102B45. The first-order valence-corrected chi connectivity index (χ1v) is 51.6. The molecule has 0 aromatic heterocycles. The summed E-state index contributed by atoms with van der Waals surface area (Å²) in [6.07, 6.45) is -8.72. The van der Waals surface area contributed by atoms with E-state index in [1.807, 2.05) is 6.92 Å². The molecule has 14 aromatic rings. The first kappa shape index (κ1) is 118. The lowest BCUT2D eigenvalue weighted by atomic mass is 8.66. The van der Waals surface area contributed by atoms with Gasteiger partial charge in [0.25, 0.3) is 0 Å². The maximum absolute atomic E-state index is 7.94. The molecule has 0 nitrogen and oxygen atoms in total. The second-order valence-corrected chi connectivity index (χ2v) is 43.6. The highest BCUT2D eigenvalue weighted by Crippen LogP contribution is 2.57. The molecule has 14 aromatic carbocycles. The van der Waals surface area contributed by atoms with E-state index in [4.69, 9.17) is 194 Å². The van der Waals surface area contributed by atoms with Crippen LogP contribution in [0.5, 0.6) is 0 Å². The highest BCUT2D eigenvalue weighted by molar-refractivity contribution is 7.90. The summed E-state index contributed by atoms with van der Waals surface area (Å²) in [6, 6.07) is 0. The van der Waals surface area contributed by atoms with Gasteiger partial charge in [-0.3, -0.25) is 0 Å². The van der Waals surface area contributed by atoms with Crippen molar-refractivity contribution < 1.29 is 0 Å². The predicted molar refractivity (Wildman–Crippen MR) is 711 cm³/mol. The van der Waals surface area contributed by atoms with E-state index in [0.29, 0.717) is 65.6 Å². The molecule has 0 N–H and O–H groups in total. The Labute approximate surface area is 927 Å². The summed E-state index contributed by atoms with van der Waals surface area (Å²) in [7, 11) is 180. The Hall–Kier alpha value is -5.92. The molecule has 0 saturated carbocycles. The van der Waals surface area contributed by atoms with Crippen molar-refractivity contribution in [3.63, 3.8) is 0 Å². The molecule has 55 radical (unpaired) electrons. The molecule has 0 amide bonds. The Morgan fingerprint density at radius 2 is 0.422 bits per heavy atom. The Morgan fingerprint density at radius 3 is 0.707 bits per heavy atom. The number of benzene rings is 14. The normalized spacial score (nSPS) is 11.5. The number of hydrogen-bond donors (Lipinski definition) is 0. The van der Waals surface area contributed by atoms with Gasteiger partial charge >= 0.3 is 0 Å². The zero-order chi connectivity index (χ0) is 110. The Morgan fingerprint density at radius 1 is 0.163 bits per heavy atom. The molecule has 0 aliphatic carbocycles. The van der Waals surface area contributed by atoms with Crippen molar-refractivity contribution in [2.24, 2.45) is 0 Å². The zero-order valence-electron chi connectivity index (χ0n) is 94.0. The minimum atomic E-state index is -1.24. The van der Waals surface area contributed by atoms with E-state index in [1.54, 1.807) is 7.17 Å². The molecular weight excluding hydrogens is 1710 g/mol. The predicted octanol–water partition coefficient (Wildman–Crippen LogP) is 4.36. The summed E-state index contributed by atoms with van der Waals surface area (Å²) >= 11 is 0. The molecule has 0 saturated heterocycles. The summed E-state index contributed by atoms with van der Waals surface area (Å²) in [5.41, 5.74) is 53.9. The van der Waals surface area contributed by atoms with Crippen LogP contribution in [0.15, 0.2) is 0 Å². The Kier molecular flexibility index (Phi) is 35.4. The maximum Gasteiger partial charge on any atom is 0.115 e. The molecule has 0 bridgehead atoms. The van der Waals surface area contributed by atoms with Gasteiger partial charge in [0.15, 0.2) is 0 Å². The smallest absolute Gasteiger partial charge is 0.113 e. The summed E-state index contributed by atoms with van der Waals surface area (Å²) in [6.45, 7) is 69.3. The molecule has 0 atom stereocenters. The third kappa shape index (κ3) is 18.1. The van der Waals surface area contributed by atoms with Crippen LogP contribution in [0.2, 0.25) is 0 Å². The third-order valence-electron chi connectivity index (χ3n) is 37.0. The van der Waals surface area contributed by atoms with Crippen molar-refractivity contribution in [2.45, 2.75) is 235 Å². The SMILES string of the molecule is [B][B]B([B])B(B([B])[B])c1c(B(B([B])[B])B([B])[B])c(B([B][B])B([B])[B])c(B([B])B([B])[B])c2c(B([B])[B][B])c(-c3c(C)c(C)c(C)c4c(-c5c(C)c(C)c(C)c6c(C)c(C)c(C)c(C)c56)c5c(C)c(C)c(C)c(C)c5c(C)c34)c(C)c([B])c12.[B][B]B([B])B(B([B])[B])c1c(C)c(C)c(C)c2c(-c3c(C)c(C)c(C)c4c(-c5c(C)c(C)c(C)c6c(C)c(C)c(C)c(C)c56)c5c(C)c(C)c(C)c(C)c5c(C)c34)c(B([B])[B])c([B][B])c([B])c12. The molecule has 0 spiro atoms. The lowest BCUT2D eigenvalue weighted by Crippen LogP contribution is -2.80. The van der Waals surface area contributed by atoms with E-state index < -0.39 is 96.5 Å². The van der Waals surface area contributed by atoms with Crippen molar-refractivity contribution >= 4 is 466 Å². The summed E-state index contributed by atoms with van der Waals surface area (Å²) < 4.78 is 0. The molecule has 14 rings (SSSR count). The Bertz CT molecular complexity index is 7910. The van der Waals surface area contributed by atoms with Crippen LogP contribution in [0.3, 0.4) is 0 Å². The largest absolute Gasteiger partial charge is 0.115 e. The van der Waals surface area contributed by atoms with Gasteiger partial charge in [0.2, 0.25) is 0 Å². The van der Waals surface area contributed by atoms with Gasteiger partial charge in [0.05, 0.1) is 52.6 Å². The quantitative estimate of drug-likeness (QED) is 0.0625. The summed E-state index contributed by atoms with van der Waals surface area (Å²) in [5, 5.41) is 17.1. The van der Waals surface area contributed by atoms with Crippen LogP contribution in [0, 0.1) is 235 Å². The Balaban J connectivity index is 0.000000251. The standard InChI is InChI=1S/C52H54B14.C50H48B31/c1-19-21(3)29(11)39-37(26(19)8)28(10)23(5)31(13)41(39)46-40-30(12)22(4)20(2)27(9)38(40)36(18)45-42(46)32(14)24(6)33(15)43(45)47-44-34(16)25(7)35(17)51(64(65(58)59)66(60)62-55)48(44)49(53)50(61-54)52(47)63(56)57;1-17-19(3)26(10)35-33(23(17)7)25(9)21(5)29(13)38(35)42-36-27(11)20(4)18(2)24(8)34(36)31(15)40-37(28(12)22(6)30(14)39(40)42)41-32(16)45(51)43-44(46(41)71(55)68-52)47(72(56)76(57)58)49(73(69-53)77(59)60)50(74(78(61)62)79(63)64)48(43)75(80(65)66)81(67)70-54/h1-18H3;1-16H3. The van der Waals surface area contributed by atoms with Gasteiger partial charge in [-0.25, -0.2) is 0 Å². The van der Waals surface area contributed by atoms with Crippen molar-refractivity contribution in [3.05, 3.63) is 189 Å². The first-order chi connectivity index (χ1) is 68.4. The third-order valence-corrected chi connectivity index (χ3v) is 37.0. The van der Waals surface area contributed by atoms with Gasteiger partial charge in [0, 0.05) is 257 Å². The fourth-order valence-electron chi connectivity index (χ4n) is 26.5. The number of hydrogen-bond acceptors (Lipinski definition) is 0. The van der Waals surface area contributed by atoms with Gasteiger partial charge in [-0.1, -0.05) is 49.4 Å². The molecule has 45 heteroatoms. The van der Waals surface area contributed by atoms with Gasteiger partial charge in [-0.05, 0) is 544 Å². The molecule has 0 heterocycles. The van der Waals surface area contributed by atoms with Crippen LogP contribution < -0.4 is 54.6 Å². The molecule has 0 unspecified atom stereocenters. The lowest BCUT2D eigenvalue weighted by Gasteiger charge is -2.42. The van der Waals surface area contributed by atoms with Crippen LogP contribution in [0.25, 0.3) is 131 Å². The number of aryl methyl sites for hydroxylation is 15. The molecule has 0 aliphatic rings. The molecule has 147 heavy (non-hydrogen) atoms. The molecule has 645 valence electrons. The second kappa shape index (κ2) is 44.0. The average molecular weight is 1810 g/mol. The van der Waals surface area contributed by atoms with Crippen LogP contribution >= 0.6 is 0 Å². The maximum atomic E-state index is 7.94. The zero-order valence-corrected chi connectivity index (χ0v) is 94.0. The van der Waals surface area contributed by atoms with E-state index in [9.17, 15) is 0 Å². The van der Waals surface area contributed by atoms with E-state index in [2.05, 4.69) is 228 Å². The van der Waals surface area contributed by atoms with E-state index in [0.717, 1.165) is 105 Å². The van der Waals surface area contributed by atoms with Gasteiger partial charge in [-0.2, -0.15) is 0 Å². The molecule has 0 aliphatic heterocycles. The van der Waals surface area contributed by atoms with Crippen LogP contribution in [0.4, 0.5) is 0 Å². The van der Waals surface area contributed by atoms with Gasteiger partial charge in [0.1, 0.15) is 15.7 Å². The summed E-state index contributed by atoms with van der Waals surface area (Å²) in [4.78, 5) is 0. The minimum Gasteiger partial charge on any atom is -0.113 e. The van der Waals surface area contributed by atoms with E-state index in [-0.39, 0.29) is 5.46 Å². The van der Waals surface area contributed by atoms with Crippen molar-refractivity contribution in [1.29, 1.82) is 0 Å². The van der Waals surface area contributed by atoms with E-state index in [1.165, 1.54) is 227 Å². The van der Waals surface area contributed by atoms with Crippen LogP contribution in [-0.4, -0.2) is 326 Å².